The smallest absolute Gasteiger partial charge is 0.0132 e. The van der Waals surface area contributed by atoms with Crippen molar-refractivity contribution in [3.05, 3.63) is 83.9 Å². The predicted molar refractivity (Wildman–Crippen MR) is 121 cm³/mol. The molecular formula is C27H34. The van der Waals surface area contributed by atoms with Gasteiger partial charge in [-0.05, 0) is 44.2 Å². The Balaban J connectivity index is 0.00000261. The molecule has 0 aromatic heterocycles. The summed E-state index contributed by atoms with van der Waals surface area (Å²) in [5.41, 5.74) is 8.21. The van der Waals surface area contributed by atoms with E-state index < -0.39 is 0 Å². The summed E-state index contributed by atoms with van der Waals surface area (Å²) in [6.45, 7) is 13.5. The van der Waals surface area contributed by atoms with Gasteiger partial charge in [-0.15, -0.1) is 0 Å². The molecule has 0 aliphatic heterocycles. The molecule has 142 valence electrons. The molecule has 0 saturated carbocycles. The van der Waals surface area contributed by atoms with Crippen molar-refractivity contribution in [1.29, 1.82) is 0 Å². The van der Waals surface area contributed by atoms with Crippen molar-refractivity contribution in [3.63, 3.8) is 0 Å². The van der Waals surface area contributed by atoms with Crippen LogP contribution < -0.4 is 0 Å². The van der Waals surface area contributed by atoms with E-state index >= 15 is 0 Å². The number of benzene rings is 3. The molecule has 0 radical (unpaired) electrons. The van der Waals surface area contributed by atoms with E-state index in [1.165, 1.54) is 33.4 Å². The van der Waals surface area contributed by atoms with Gasteiger partial charge in [0.1, 0.15) is 0 Å². The highest BCUT2D eigenvalue weighted by Gasteiger charge is 2.14. The Morgan fingerprint density at radius 1 is 0.370 bits per heavy atom. The maximum absolute atomic E-state index is 2.25. The van der Waals surface area contributed by atoms with Crippen molar-refractivity contribution in [1.82, 2.24) is 0 Å². The van der Waals surface area contributed by atoms with Gasteiger partial charge in [-0.1, -0.05) is 122 Å². The SMILES string of the molecule is C.CC(C)(C)c1ccc(-c2ccc(-c3ccc(C(C)(C)C)cc3)cc2)cc1. The Hall–Kier alpha value is -2.34. The molecule has 0 amide bonds. The van der Waals surface area contributed by atoms with Gasteiger partial charge in [0.25, 0.3) is 0 Å². The van der Waals surface area contributed by atoms with Crippen LogP contribution in [0.25, 0.3) is 22.3 Å². The molecule has 0 aliphatic carbocycles. The summed E-state index contributed by atoms with van der Waals surface area (Å²) in [7, 11) is 0. The Morgan fingerprint density at radius 2 is 0.556 bits per heavy atom. The topological polar surface area (TPSA) is 0 Å². The van der Waals surface area contributed by atoms with Crippen LogP contribution in [0.4, 0.5) is 0 Å². The van der Waals surface area contributed by atoms with E-state index in [0.717, 1.165) is 0 Å². The quantitative estimate of drug-likeness (QED) is 0.432. The molecule has 0 N–H and O–H groups in total. The number of hydrogen-bond donors (Lipinski definition) is 0. The van der Waals surface area contributed by atoms with Gasteiger partial charge in [-0.3, -0.25) is 0 Å². The molecule has 0 bridgehead atoms. The van der Waals surface area contributed by atoms with Gasteiger partial charge < -0.3 is 0 Å². The third kappa shape index (κ3) is 4.89. The molecule has 0 heteroatoms. The molecule has 0 nitrogen and oxygen atoms in total. The fourth-order valence-corrected chi connectivity index (χ4v) is 3.18. The first-order chi connectivity index (χ1) is 12.1. The van der Waals surface area contributed by atoms with Crippen LogP contribution in [0, 0.1) is 0 Å². The van der Waals surface area contributed by atoms with E-state index in [-0.39, 0.29) is 18.3 Å². The lowest BCUT2D eigenvalue weighted by Gasteiger charge is -2.19. The second-order valence-corrected chi connectivity index (χ2v) is 9.23. The second-order valence-electron chi connectivity index (χ2n) is 9.23. The van der Waals surface area contributed by atoms with E-state index in [4.69, 9.17) is 0 Å². The summed E-state index contributed by atoms with van der Waals surface area (Å²) in [5.74, 6) is 0. The molecular weight excluding hydrogens is 324 g/mol. The summed E-state index contributed by atoms with van der Waals surface area (Å²) in [5, 5.41) is 0. The van der Waals surface area contributed by atoms with Gasteiger partial charge in [0.15, 0.2) is 0 Å². The van der Waals surface area contributed by atoms with Gasteiger partial charge in [0, 0.05) is 0 Å². The minimum atomic E-state index is 0. The largest absolute Gasteiger partial charge is 0.0776 e. The minimum absolute atomic E-state index is 0. The maximum atomic E-state index is 2.25. The fraction of sp³-hybridized carbons (Fsp3) is 0.333. The molecule has 3 aromatic carbocycles. The Bertz CT molecular complexity index is 773. The first-order valence-corrected chi connectivity index (χ1v) is 9.46. The zero-order chi connectivity index (χ0) is 18.9. The molecule has 0 heterocycles. The minimum Gasteiger partial charge on any atom is -0.0776 e. The summed E-state index contributed by atoms with van der Waals surface area (Å²) in [6.07, 6.45) is 0. The van der Waals surface area contributed by atoms with Crippen molar-refractivity contribution in [2.24, 2.45) is 0 Å². The first-order valence-electron chi connectivity index (χ1n) is 9.46. The van der Waals surface area contributed by atoms with Crippen LogP contribution >= 0.6 is 0 Å². The fourth-order valence-electron chi connectivity index (χ4n) is 3.18. The highest BCUT2D eigenvalue weighted by Crippen LogP contribution is 2.29. The monoisotopic (exact) mass is 358 g/mol. The molecule has 3 rings (SSSR count). The average Bonchev–Trinajstić information content (AvgIpc) is 2.61. The molecule has 0 atom stereocenters. The molecule has 27 heavy (non-hydrogen) atoms. The molecule has 0 fully saturated rings. The molecule has 0 aliphatic rings. The normalized spacial score (nSPS) is 11.8. The van der Waals surface area contributed by atoms with E-state index in [1.54, 1.807) is 0 Å². The van der Waals surface area contributed by atoms with Crippen molar-refractivity contribution in [2.45, 2.75) is 59.8 Å². The first kappa shape index (κ1) is 21.0. The summed E-state index contributed by atoms with van der Waals surface area (Å²) in [6, 6.07) is 26.8. The molecule has 0 saturated heterocycles. The third-order valence-electron chi connectivity index (χ3n) is 5.05. The van der Waals surface area contributed by atoms with Crippen molar-refractivity contribution in [2.75, 3.05) is 0 Å². The third-order valence-corrected chi connectivity index (χ3v) is 5.05. The zero-order valence-electron chi connectivity index (χ0n) is 16.9. The second kappa shape index (κ2) is 7.72. The van der Waals surface area contributed by atoms with Crippen molar-refractivity contribution >= 4 is 0 Å². The van der Waals surface area contributed by atoms with E-state index in [2.05, 4.69) is 114 Å². The van der Waals surface area contributed by atoms with Gasteiger partial charge in [-0.25, -0.2) is 0 Å². The predicted octanol–water partition coefficient (Wildman–Crippen LogP) is 8.25. The maximum Gasteiger partial charge on any atom is -0.0132 e. The van der Waals surface area contributed by atoms with Crippen LogP contribution in [0.5, 0.6) is 0 Å². The highest BCUT2D eigenvalue weighted by molar-refractivity contribution is 5.70. The van der Waals surface area contributed by atoms with Gasteiger partial charge in [-0.2, -0.15) is 0 Å². The van der Waals surface area contributed by atoms with E-state index in [9.17, 15) is 0 Å². The lowest BCUT2D eigenvalue weighted by molar-refractivity contribution is 0.590. The van der Waals surface area contributed by atoms with Crippen molar-refractivity contribution in [3.8, 4) is 22.3 Å². The summed E-state index contributed by atoms with van der Waals surface area (Å²) < 4.78 is 0. The van der Waals surface area contributed by atoms with Crippen LogP contribution in [0.1, 0.15) is 60.1 Å². The summed E-state index contributed by atoms with van der Waals surface area (Å²) in [4.78, 5) is 0. The van der Waals surface area contributed by atoms with Crippen LogP contribution in [0.3, 0.4) is 0 Å². The molecule has 3 aromatic rings. The van der Waals surface area contributed by atoms with Crippen molar-refractivity contribution < 1.29 is 0 Å². The molecule has 0 unspecified atom stereocenters. The number of hydrogen-bond acceptors (Lipinski definition) is 0. The lowest BCUT2D eigenvalue weighted by atomic mass is 9.86. The van der Waals surface area contributed by atoms with Crippen LogP contribution in [0.15, 0.2) is 72.8 Å². The Labute approximate surface area is 166 Å². The average molecular weight is 359 g/mol. The van der Waals surface area contributed by atoms with E-state index in [1.807, 2.05) is 0 Å². The van der Waals surface area contributed by atoms with Crippen LogP contribution in [-0.2, 0) is 10.8 Å². The summed E-state index contributed by atoms with van der Waals surface area (Å²) >= 11 is 0. The van der Waals surface area contributed by atoms with Gasteiger partial charge in [0.05, 0.1) is 0 Å². The van der Waals surface area contributed by atoms with Gasteiger partial charge in [0.2, 0.25) is 0 Å². The van der Waals surface area contributed by atoms with Crippen LogP contribution in [-0.4, -0.2) is 0 Å². The highest BCUT2D eigenvalue weighted by atomic mass is 14.2. The number of rotatable bonds is 2. The zero-order valence-corrected chi connectivity index (χ0v) is 16.9. The molecule has 0 spiro atoms. The lowest BCUT2D eigenvalue weighted by Crippen LogP contribution is -2.10. The standard InChI is InChI=1S/C26H30.CH4/c1-25(2,3)23-15-11-21(12-16-23)19-7-9-20(10-8-19)22-13-17-24(18-14-22)26(4,5)6;/h7-18H,1-6H3;1H4. The van der Waals surface area contributed by atoms with Crippen LogP contribution in [0.2, 0.25) is 0 Å². The Morgan fingerprint density at radius 3 is 0.741 bits per heavy atom. The Kier molecular flexibility index (Phi) is 6.00. The van der Waals surface area contributed by atoms with Gasteiger partial charge >= 0.3 is 0 Å². The van der Waals surface area contributed by atoms with E-state index in [0.29, 0.717) is 0 Å².